The lowest BCUT2D eigenvalue weighted by atomic mass is 10.1. The molecule has 3 heterocycles. The Balaban J connectivity index is 1.24. The molecule has 1 saturated carbocycles. The van der Waals surface area contributed by atoms with E-state index in [1.165, 1.54) is 17.0 Å². The molecule has 8 nitrogen and oxygen atoms in total. The number of fused-ring (bicyclic) bond motifs is 1. The number of nitrogens with one attached hydrogen (secondary N) is 2. The Bertz CT molecular complexity index is 1810. The molecule has 2 fully saturated rings. The summed E-state index contributed by atoms with van der Waals surface area (Å²) in [6.07, 6.45) is -1.38. The summed E-state index contributed by atoms with van der Waals surface area (Å²) in [6, 6.07) is 11.8. The summed E-state index contributed by atoms with van der Waals surface area (Å²) in [4.78, 5) is 37.9. The number of hydrogen-bond donors (Lipinski definition) is 2. The van der Waals surface area contributed by atoms with Crippen molar-refractivity contribution < 1.29 is 27.2 Å². The van der Waals surface area contributed by atoms with Crippen molar-refractivity contribution in [3.05, 3.63) is 94.8 Å². The van der Waals surface area contributed by atoms with Crippen LogP contribution < -0.4 is 15.1 Å². The topological polar surface area (TPSA) is 85.7 Å². The molecule has 4 aromatic rings. The first kappa shape index (κ1) is 26.4. The molecule has 1 aliphatic carbocycles. The molecule has 1 saturated heterocycles. The number of amides is 2. The number of alkyl halides is 3. The van der Waals surface area contributed by atoms with E-state index in [4.69, 9.17) is 18.8 Å². The van der Waals surface area contributed by atoms with Gasteiger partial charge in [-0.25, -0.2) is 4.39 Å². The lowest BCUT2D eigenvalue weighted by Gasteiger charge is -2.24. The van der Waals surface area contributed by atoms with Gasteiger partial charge in [-0.2, -0.15) is 13.2 Å². The zero-order valence-electron chi connectivity index (χ0n) is 20.9. The summed E-state index contributed by atoms with van der Waals surface area (Å²) in [6.45, 7) is 6.89. The van der Waals surface area contributed by atoms with Gasteiger partial charge in [-0.15, -0.1) is 4.98 Å². The number of carbonyl (C=O) groups is 2. The molecule has 13 heteroatoms. The van der Waals surface area contributed by atoms with Gasteiger partial charge < -0.3 is 20.0 Å². The van der Waals surface area contributed by atoms with Crippen molar-refractivity contribution in [3.63, 3.8) is 0 Å². The molecular weight excluding hydrogens is 560 g/mol. The highest BCUT2D eigenvalue weighted by Crippen LogP contribution is 2.51. The Kier molecular flexibility index (Phi) is 6.04. The highest BCUT2D eigenvalue weighted by molar-refractivity contribution is 7.81. The van der Waals surface area contributed by atoms with Gasteiger partial charge in [0.05, 0.1) is 11.3 Å². The minimum absolute atomic E-state index is 0.101. The zero-order valence-corrected chi connectivity index (χ0v) is 21.7. The van der Waals surface area contributed by atoms with Crippen LogP contribution in [0.4, 0.5) is 34.8 Å². The Labute approximate surface area is 235 Å². The maximum Gasteiger partial charge on any atom is 0.409 e. The van der Waals surface area contributed by atoms with Crippen molar-refractivity contribution in [3.8, 4) is 0 Å². The number of anilines is 2. The molecular formula is C28H18F4N6O2S. The predicted molar refractivity (Wildman–Crippen MR) is 146 cm³/mol. The van der Waals surface area contributed by atoms with E-state index in [1.807, 2.05) is 6.07 Å². The monoisotopic (exact) mass is 578 g/mol. The van der Waals surface area contributed by atoms with Gasteiger partial charge in [0.2, 0.25) is 0 Å². The lowest BCUT2D eigenvalue weighted by molar-refractivity contribution is -0.137. The quantitative estimate of drug-likeness (QED) is 0.176. The largest absolute Gasteiger partial charge is 0.409 e. The summed E-state index contributed by atoms with van der Waals surface area (Å²) in [7, 11) is 0. The Morgan fingerprint density at radius 1 is 1.15 bits per heavy atom. The minimum atomic E-state index is -4.87. The molecule has 1 aliphatic heterocycles. The lowest BCUT2D eigenvalue weighted by Crippen LogP contribution is -2.37. The van der Waals surface area contributed by atoms with Crippen LogP contribution >= 0.6 is 12.2 Å². The summed E-state index contributed by atoms with van der Waals surface area (Å²) >= 11 is 5.51. The first-order valence-corrected chi connectivity index (χ1v) is 12.7. The number of thiocarbonyl (C=S) groups is 1. The van der Waals surface area contributed by atoms with Crippen LogP contribution in [0.5, 0.6) is 0 Å². The number of nitrogens with zero attached hydrogens (tertiary/aromatic N) is 4. The number of aromatic amines is 1. The standard InChI is InChI=1S/C28H18F4N6O2S/c1-33-23-20(28(30,31)32)11-19(14-35-23)37-25(40)27(7-8-27)38(26(37)41)18-4-2-17(21(29)12-18)13-36-24(39)16-3-5-22-15(10-16)6-9-34-22/h2-6,9-12,14,34H,7-8,13H2,(H,36,39). The number of aromatic nitrogens is 2. The Morgan fingerprint density at radius 3 is 2.61 bits per heavy atom. The van der Waals surface area contributed by atoms with Crippen molar-refractivity contribution in [1.29, 1.82) is 0 Å². The van der Waals surface area contributed by atoms with E-state index in [9.17, 15) is 22.8 Å². The summed E-state index contributed by atoms with van der Waals surface area (Å²) in [5, 5.41) is 3.43. The summed E-state index contributed by atoms with van der Waals surface area (Å²) in [5.74, 6) is -2.43. The van der Waals surface area contributed by atoms with E-state index in [1.54, 1.807) is 30.5 Å². The van der Waals surface area contributed by atoms with Crippen LogP contribution in [0.1, 0.15) is 34.3 Å². The van der Waals surface area contributed by atoms with Crippen LogP contribution in [0, 0.1) is 12.4 Å². The minimum Gasteiger partial charge on any atom is -0.361 e. The number of H-pyrrole nitrogens is 1. The van der Waals surface area contributed by atoms with Gasteiger partial charge >= 0.3 is 6.18 Å². The number of carbonyl (C=O) groups excluding carboxylic acids is 2. The van der Waals surface area contributed by atoms with Gasteiger partial charge in [-0.05, 0) is 67.5 Å². The van der Waals surface area contributed by atoms with Gasteiger partial charge in [0, 0.05) is 40.5 Å². The second-order valence-electron chi connectivity index (χ2n) is 9.70. The fraction of sp³-hybridized carbons (Fsp3) is 0.179. The Hall–Kier alpha value is -4.83. The fourth-order valence-electron chi connectivity index (χ4n) is 4.97. The van der Waals surface area contributed by atoms with Crippen LogP contribution in [0.3, 0.4) is 0 Å². The third-order valence-electron chi connectivity index (χ3n) is 7.21. The van der Waals surface area contributed by atoms with Gasteiger partial charge in [0.25, 0.3) is 17.6 Å². The van der Waals surface area contributed by atoms with Gasteiger partial charge in [-0.1, -0.05) is 12.6 Å². The number of hydrogen-bond acceptors (Lipinski definition) is 4. The van der Waals surface area contributed by atoms with E-state index in [-0.39, 0.29) is 34.5 Å². The van der Waals surface area contributed by atoms with E-state index in [0.29, 0.717) is 24.5 Å². The first-order chi connectivity index (χ1) is 19.5. The molecule has 6 rings (SSSR count). The molecule has 0 unspecified atom stereocenters. The molecule has 2 aromatic carbocycles. The summed E-state index contributed by atoms with van der Waals surface area (Å²) < 4.78 is 55.9. The highest BCUT2D eigenvalue weighted by Gasteiger charge is 2.64. The highest BCUT2D eigenvalue weighted by atomic mass is 32.1. The normalized spacial score (nSPS) is 16.0. The molecule has 2 aliphatic rings. The second kappa shape index (κ2) is 9.38. The van der Waals surface area contributed by atoms with Crippen LogP contribution in [0.15, 0.2) is 60.9 Å². The number of pyridine rings is 1. The maximum absolute atomic E-state index is 15.2. The van der Waals surface area contributed by atoms with Crippen molar-refractivity contribution in [2.24, 2.45) is 0 Å². The molecule has 41 heavy (non-hydrogen) atoms. The van der Waals surface area contributed by atoms with Crippen molar-refractivity contribution in [2.75, 3.05) is 9.80 Å². The maximum atomic E-state index is 15.2. The SMILES string of the molecule is [C-]#[N+]c1ncc(N2C(=O)C3(CC3)N(c3ccc(CNC(=O)c4ccc5[nH]ccc5c4)c(F)c3)C2=S)cc1C(F)(F)F. The van der Waals surface area contributed by atoms with Crippen molar-refractivity contribution in [1.82, 2.24) is 15.3 Å². The zero-order chi connectivity index (χ0) is 29.1. The third kappa shape index (κ3) is 4.36. The Morgan fingerprint density at radius 2 is 1.93 bits per heavy atom. The average Bonchev–Trinajstić information content (AvgIpc) is 3.53. The van der Waals surface area contributed by atoms with Crippen LogP contribution in [0.2, 0.25) is 0 Å². The van der Waals surface area contributed by atoms with E-state index < -0.39 is 34.8 Å². The first-order valence-electron chi connectivity index (χ1n) is 12.3. The van der Waals surface area contributed by atoms with Crippen molar-refractivity contribution in [2.45, 2.75) is 31.1 Å². The molecule has 0 atom stereocenters. The third-order valence-corrected chi connectivity index (χ3v) is 7.57. The molecule has 2 amide bonds. The van der Waals surface area contributed by atoms with Crippen LogP contribution in [-0.4, -0.2) is 32.4 Å². The molecule has 1 spiro atoms. The van der Waals surface area contributed by atoms with Gasteiger partial charge in [0.1, 0.15) is 17.6 Å². The van der Waals surface area contributed by atoms with Crippen LogP contribution in [-0.2, 0) is 17.5 Å². The summed E-state index contributed by atoms with van der Waals surface area (Å²) in [5.41, 5.74) is -0.926. The molecule has 0 radical (unpaired) electrons. The molecule has 2 N–H and O–H groups in total. The predicted octanol–water partition coefficient (Wildman–Crippen LogP) is 5.87. The molecule has 206 valence electrons. The van der Waals surface area contributed by atoms with E-state index in [0.717, 1.165) is 22.0 Å². The van der Waals surface area contributed by atoms with E-state index >= 15 is 4.39 Å². The average molecular weight is 579 g/mol. The molecule has 0 bridgehead atoms. The number of benzene rings is 2. The number of rotatable bonds is 5. The fourth-order valence-corrected chi connectivity index (χ4v) is 5.44. The van der Waals surface area contributed by atoms with E-state index in [2.05, 4.69) is 20.1 Å². The van der Waals surface area contributed by atoms with Gasteiger partial charge in [-0.3, -0.25) is 14.5 Å². The molecule has 2 aromatic heterocycles. The van der Waals surface area contributed by atoms with Crippen molar-refractivity contribution >= 4 is 57.2 Å². The van der Waals surface area contributed by atoms with Gasteiger partial charge in [0.15, 0.2) is 5.11 Å². The number of halogens is 4. The smallest absolute Gasteiger partial charge is 0.361 e. The van der Waals surface area contributed by atoms with Crippen LogP contribution in [0.25, 0.3) is 15.7 Å². The second-order valence-corrected chi connectivity index (χ2v) is 10.1.